The number of fused-ring (bicyclic) bond motifs is 1. The van der Waals surface area contributed by atoms with E-state index in [0.717, 1.165) is 16.5 Å². The van der Waals surface area contributed by atoms with E-state index in [-0.39, 0.29) is 41.7 Å². The van der Waals surface area contributed by atoms with Crippen molar-refractivity contribution in [1.82, 2.24) is 9.80 Å². The van der Waals surface area contributed by atoms with Crippen LogP contribution in [0.25, 0.3) is 0 Å². The number of piperidine rings is 1. The molecule has 2 aliphatic rings. The van der Waals surface area contributed by atoms with Gasteiger partial charge in [-0.1, -0.05) is 6.07 Å². The summed E-state index contributed by atoms with van der Waals surface area (Å²) in [6, 6.07) is 4.59. The van der Waals surface area contributed by atoms with Crippen LogP contribution in [0.2, 0.25) is 0 Å². The third kappa shape index (κ3) is 4.59. The smallest absolute Gasteiger partial charge is 0.322 e. The van der Waals surface area contributed by atoms with Crippen molar-refractivity contribution < 1.29 is 32.3 Å². The van der Waals surface area contributed by atoms with E-state index in [0.29, 0.717) is 25.9 Å². The maximum absolute atomic E-state index is 14.8. The summed E-state index contributed by atoms with van der Waals surface area (Å²) in [7, 11) is 0. The van der Waals surface area contributed by atoms with Crippen molar-refractivity contribution in [3.8, 4) is 0 Å². The molecule has 0 atom stereocenters. The predicted molar refractivity (Wildman–Crippen MR) is 116 cm³/mol. The van der Waals surface area contributed by atoms with Gasteiger partial charge in [0, 0.05) is 25.2 Å². The molecule has 3 amide bonds. The fraction of sp³-hybridized carbons (Fsp3) is 0.417. The molecule has 10 heteroatoms. The SMILES string of the molecule is CC(C)(O)C(=O)N1CCC(c2ccc(NC(=O)N3Cc4cc(F)c(F)c(F)c4C3)c(F)c2)CC1. The highest BCUT2D eigenvalue weighted by Gasteiger charge is 2.33. The van der Waals surface area contributed by atoms with Gasteiger partial charge in [-0.25, -0.2) is 22.4 Å². The molecule has 182 valence electrons. The third-order valence-electron chi connectivity index (χ3n) is 6.36. The zero-order valence-corrected chi connectivity index (χ0v) is 18.8. The zero-order valence-electron chi connectivity index (χ0n) is 18.8. The Kier molecular flexibility index (Phi) is 6.28. The number of anilines is 1. The van der Waals surface area contributed by atoms with E-state index < -0.39 is 34.9 Å². The number of aliphatic hydroxyl groups is 1. The number of carbonyl (C=O) groups is 2. The molecule has 0 saturated carbocycles. The van der Waals surface area contributed by atoms with E-state index in [1.807, 2.05) is 0 Å². The van der Waals surface area contributed by atoms with Gasteiger partial charge < -0.3 is 20.2 Å². The number of nitrogens with zero attached hydrogens (tertiary/aromatic N) is 2. The molecule has 2 aliphatic heterocycles. The summed E-state index contributed by atoms with van der Waals surface area (Å²) < 4.78 is 55.7. The maximum atomic E-state index is 14.8. The lowest BCUT2D eigenvalue weighted by Crippen LogP contribution is -2.48. The quantitative estimate of drug-likeness (QED) is 0.510. The molecule has 2 aromatic carbocycles. The molecule has 2 aromatic rings. The first-order valence-corrected chi connectivity index (χ1v) is 11.0. The van der Waals surface area contributed by atoms with Crippen molar-refractivity contribution in [3.05, 3.63) is 64.2 Å². The summed E-state index contributed by atoms with van der Waals surface area (Å²) in [4.78, 5) is 27.5. The Morgan fingerprint density at radius 1 is 0.971 bits per heavy atom. The third-order valence-corrected chi connectivity index (χ3v) is 6.36. The second-order valence-corrected chi connectivity index (χ2v) is 9.28. The minimum atomic E-state index is -1.59. The highest BCUT2D eigenvalue weighted by Crippen LogP contribution is 2.32. The number of hydrogen-bond donors (Lipinski definition) is 2. The van der Waals surface area contributed by atoms with Gasteiger partial charge in [-0.3, -0.25) is 4.79 Å². The predicted octanol–water partition coefficient (Wildman–Crippen LogP) is 4.27. The minimum Gasteiger partial charge on any atom is -0.381 e. The number of halogens is 4. The van der Waals surface area contributed by atoms with Crippen LogP contribution < -0.4 is 5.32 Å². The Balaban J connectivity index is 1.38. The number of urea groups is 1. The Hall–Kier alpha value is -3.14. The molecule has 1 fully saturated rings. The molecular weight excluding hydrogens is 454 g/mol. The molecule has 2 heterocycles. The molecule has 1 saturated heterocycles. The van der Waals surface area contributed by atoms with Crippen molar-refractivity contribution in [2.45, 2.75) is 51.3 Å². The fourth-order valence-electron chi connectivity index (χ4n) is 4.47. The summed E-state index contributed by atoms with van der Waals surface area (Å²) in [5, 5.41) is 12.3. The van der Waals surface area contributed by atoms with Crippen molar-refractivity contribution in [3.63, 3.8) is 0 Å². The molecule has 0 bridgehead atoms. The second-order valence-electron chi connectivity index (χ2n) is 9.28. The van der Waals surface area contributed by atoms with E-state index in [9.17, 15) is 32.3 Å². The maximum Gasteiger partial charge on any atom is 0.322 e. The lowest BCUT2D eigenvalue weighted by Gasteiger charge is -2.35. The van der Waals surface area contributed by atoms with Crippen molar-refractivity contribution in [2.75, 3.05) is 18.4 Å². The van der Waals surface area contributed by atoms with Crippen molar-refractivity contribution in [2.24, 2.45) is 0 Å². The van der Waals surface area contributed by atoms with Crippen LogP contribution in [-0.2, 0) is 17.9 Å². The number of nitrogens with one attached hydrogen (secondary N) is 1. The first kappa shape index (κ1) is 24.0. The highest BCUT2D eigenvalue weighted by molar-refractivity contribution is 5.90. The van der Waals surface area contributed by atoms with E-state index in [1.165, 1.54) is 26.0 Å². The average Bonchev–Trinajstić information content (AvgIpc) is 3.22. The monoisotopic (exact) mass is 479 g/mol. The summed E-state index contributed by atoms with van der Waals surface area (Å²) in [6.07, 6.45) is 1.22. The van der Waals surface area contributed by atoms with Crippen LogP contribution in [0, 0.1) is 23.3 Å². The number of benzene rings is 2. The van der Waals surface area contributed by atoms with E-state index in [2.05, 4.69) is 5.32 Å². The van der Waals surface area contributed by atoms with E-state index >= 15 is 0 Å². The number of likely N-dealkylation sites (tertiary alicyclic amines) is 1. The van der Waals surface area contributed by atoms with Gasteiger partial charge in [0.15, 0.2) is 17.5 Å². The first-order chi connectivity index (χ1) is 16.0. The number of amides is 3. The van der Waals surface area contributed by atoms with Crippen molar-refractivity contribution in [1.29, 1.82) is 0 Å². The average molecular weight is 479 g/mol. The van der Waals surface area contributed by atoms with Crippen LogP contribution in [0.3, 0.4) is 0 Å². The zero-order chi connectivity index (χ0) is 24.8. The van der Waals surface area contributed by atoms with Gasteiger partial charge in [-0.2, -0.15) is 0 Å². The van der Waals surface area contributed by atoms with E-state index in [4.69, 9.17) is 0 Å². The molecule has 2 N–H and O–H groups in total. The molecule has 34 heavy (non-hydrogen) atoms. The molecule has 0 aliphatic carbocycles. The van der Waals surface area contributed by atoms with Gasteiger partial charge in [0.05, 0.1) is 12.2 Å². The number of carbonyl (C=O) groups excluding carboxylic acids is 2. The highest BCUT2D eigenvalue weighted by atomic mass is 19.2. The lowest BCUT2D eigenvalue weighted by molar-refractivity contribution is -0.148. The van der Waals surface area contributed by atoms with Gasteiger partial charge in [-0.05, 0) is 61.9 Å². The van der Waals surface area contributed by atoms with Gasteiger partial charge >= 0.3 is 6.03 Å². The van der Waals surface area contributed by atoms with Crippen molar-refractivity contribution >= 4 is 17.6 Å². The summed E-state index contributed by atoms with van der Waals surface area (Å²) in [5.41, 5.74) is -0.718. The number of rotatable bonds is 3. The number of hydrogen-bond acceptors (Lipinski definition) is 3. The Labute approximate surface area is 194 Å². The van der Waals surface area contributed by atoms with Crippen LogP contribution in [0.4, 0.5) is 28.0 Å². The lowest BCUT2D eigenvalue weighted by atomic mass is 9.88. The van der Waals surface area contributed by atoms with Gasteiger partial charge in [0.2, 0.25) is 0 Å². The Morgan fingerprint density at radius 3 is 2.26 bits per heavy atom. The van der Waals surface area contributed by atoms with Crippen LogP contribution >= 0.6 is 0 Å². The van der Waals surface area contributed by atoms with E-state index in [1.54, 1.807) is 11.0 Å². The van der Waals surface area contributed by atoms with Crippen LogP contribution in [-0.4, -0.2) is 45.5 Å². The molecule has 0 unspecified atom stereocenters. The molecule has 0 spiro atoms. The summed E-state index contributed by atoms with van der Waals surface area (Å²) >= 11 is 0. The molecule has 0 aromatic heterocycles. The largest absolute Gasteiger partial charge is 0.381 e. The topological polar surface area (TPSA) is 72.9 Å². The first-order valence-electron chi connectivity index (χ1n) is 11.0. The van der Waals surface area contributed by atoms with Crippen LogP contribution in [0.15, 0.2) is 24.3 Å². The van der Waals surface area contributed by atoms with Gasteiger partial charge in [0.1, 0.15) is 11.4 Å². The summed E-state index contributed by atoms with van der Waals surface area (Å²) in [6.45, 7) is 3.39. The summed E-state index contributed by atoms with van der Waals surface area (Å²) in [5.74, 6) is -5.21. The standard InChI is InChI=1S/C24H25F4N3O3/c1-24(2,34)22(32)30-7-5-13(6-8-30)14-3-4-19(17(25)9-14)29-23(33)31-11-15-10-18(26)21(28)20(27)16(15)12-31/h3-4,9-10,13,34H,5-8,11-12H2,1-2H3,(H,29,33). The molecular formula is C24H25F4N3O3. The molecule has 6 nitrogen and oxygen atoms in total. The Bertz CT molecular complexity index is 1140. The second kappa shape index (κ2) is 8.90. The molecule has 4 rings (SSSR count). The van der Waals surface area contributed by atoms with Gasteiger partial charge in [-0.15, -0.1) is 0 Å². The Morgan fingerprint density at radius 2 is 1.65 bits per heavy atom. The normalized spacial score (nSPS) is 16.6. The van der Waals surface area contributed by atoms with Gasteiger partial charge in [0.25, 0.3) is 5.91 Å². The van der Waals surface area contributed by atoms with Crippen LogP contribution in [0.5, 0.6) is 0 Å². The fourth-order valence-corrected chi connectivity index (χ4v) is 4.47. The van der Waals surface area contributed by atoms with Crippen LogP contribution in [0.1, 0.15) is 49.3 Å². The molecule has 0 radical (unpaired) electrons. The minimum absolute atomic E-state index is 0.0194.